The van der Waals surface area contributed by atoms with Gasteiger partial charge in [0, 0.05) is 36.2 Å². The minimum atomic E-state index is -0.751. The lowest BCUT2D eigenvalue weighted by Crippen LogP contribution is -2.29. The second kappa shape index (κ2) is 6.95. The Morgan fingerprint density at radius 3 is 2.05 bits per heavy atom. The zero-order chi connectivity index (χ0) is 16.1. The zero-order valence-corrected chi connectivity index (χ0v) is 13.0. The molecular formula is C16H16ClN3O2. The van der Waals surface area contributed by atoms with Gasteiger partial charge in [-0.2, -0.15) is 0 Å². The lowest BCUT2D eigenvalue weighted by Gasteiger charge is -2.13. The Hall–Kier alpha value is -2.53. The molecule has 6 heteroatoms. The minimum absolute atomic E-state index is 0.468. The van der Waals surface area contributed by atoms with Crippen LogP contribution in [0.1, 0.15) is 0 Å². The number of halogens is 1. The van der Waals surface area contributed by atoms with Gasteiger partial charge in [-0.3, -0.25) is 9.59 Å². The van der Waals surface area contributed by atoms with Gasteiger partial charge in [0.15, 0.2) is 0 Å². The maximum absolute atomic E-state index is 11.9. The van der Waals surface area contributed by atoms with Crippen molar-refractivity contribution in [2.45, 2.75) is 0 Å². The van der Waals surface area contributed by atoms with Crippen molar-refractivity contribution >= 4 is 40.5 Å². The van der Waals surface area contributed by atoms with E-state index in [0.29, 0.717) is 16.4 Å². The topological polar surface area (TPSA) is 61.4 Å². The smallest absolute Gasteiger partial charge is 0.314 e. The van der Waals surface area contributed by atoms with Crippen LogP contribution in [0.15, 0.2) is 48.5 Å². The maximum Gasteiger partial charge on any atom is 0.314 e. The van der Waals surface area contributed by atoms with Crippen molar-refractivity contribution in [3.63, 3.8) is 0 Å². The number of carbonyl (C=O) groups excluding carboxylic acids is 2. The van der Waals surface area contributed by atoms with E-state index in [2.05, 4.69) is 10.6 Å². The predicted octanol–water partition coefficient (Wildman–Crippen LogP) is 2.98. The summed E-state index contributed by atoms with van der Waals surface area (Å²) in [6, 6.07) is 13.8. The zero-order valence-electron chi connectivity index (χ0n) is 12.3. The van der Waals surface area contributed by atoms with Gasteiger partial charge in [-0.05, 0) is 42.5 Å². The van der Waals surface area contributed by atoms with Gasteiger partial charge in [0.1, 0.15) is 0 Å². The minimum Gasteiger partial charge on any atom is -0.378 e. The average Bonchev–Trinajstić information content (AvgIpc) is 2.47. The van der Waals surface area contributed by atoms with Gasteiger partial charge >= 0.3 is 11.8 Å². The Labute approximate surface area is 133 Å². The summed E-state index contributed by atoms with van der Waals surface area (Å²) in [5.74, 6) is -1.49. The summed E-state index contributed by atoms with van der Waals surface area (Å²) in [5.41, 5.74) is 2.02. The van der Waals surface area contributed by atoms with Crippen LogP contribution in [-0.4, -0.2) is 25.9 Å². The quantitative estimate of drug-likeness (QED) is 0.856. The predicted molar refractivity (Wildman–Crippen MR) is 89.5 cm³/mol. The molecule has 0 spiro atoms. The van der Waals surface area contributed by atoms with Crippen molar-refractivity contribution in [2.75, 3.05) is 29.6 Å². The number of anilines is 3. The first-order chi connectivity index (χ1) is 10.5. The molecule has 2 N–H and O–H groups in total. The molecular weight excluding hydrogens is 302 g/mol. The van der Waals surface area contributed by atoms with E-state index in [1.54, 1.807) is 36.4 Å². The van der Waals surface area contributed by atoms with Crippen LogP contribution in [0, 0.1) is 0 Å². The van der Waals surface area contributed by atoms with E-state index in [1.165, 1.54) is 0 Å². The van der Waals surface area contributed by atoms with Gasteiger partial charge < -0.3 is 15.5 Å². The summed E-state index contributed by atoms with van der Waals surface area (Å²) >= 11 is 5.82. The van der Waals surface area contributed by atoms with Gasteiger partial charge in [0.05, 0.1) is 0 Å². The number of hydrogen-bond acceptors (Lipinski definition) is 3. The third kappa shape index (κ3) is 4.23. The number of benzene rings is 2. The van der Waals surface area contributed by atoms with Crippen molar-refractivity contribution < 1.29 is 9.59 Å². The molecule has 2 amide bonds. The van der Waals surface area contributed by atoms with Crippen molar-refractivity contribution in [1.29, 1.82) is 0 Å². The van der Waals surface area contributed by atoms with Crippen molar-refractivity contribution in [3.05, 3.63) is 53.6 Å². The van der Waals surface area contributed by atoms with Gasteiger partial charge in [-0.25, -0.2) is 0 Å². The van der Waals surface area contributed by atoms with Crippen LogP contribution in [0.4, 0.5) is 17.1 Å². The third-order valence-electron chi connectivity index (χ3n) is 2.93. The molecule has 2 aromatic rings. The molecule has 0 unspecified atom stereocenters. The van der Waals surface area contributed by atoms with Crippen LogP contribution in [0.2, 0.25) is 5.02 Å². The molecule has 0 atom stereocenters. The van der Waals surface area contributed by atoms with Gasteiger partial charge in [-0.15, -0.1) is 0 Å². The van der Waals surface area contributed by atoms with E-state index < -0.39 is 11.8 Å². The SMILES string of the molecule is CN(C)c1ccc(NC(=O)C(=O)Nc2cccc(Cl)c2)cc1. The first-order valence-corrected chi connectivity index (χ1v) is 6.99. The fraction of sp³-hybridized carbons (Fsp3) is 0.125. The van der Waals surface area contributed by atoms with Crippen LogP contribution >= 0.6 is 11.6 Å². The van der Waals surface area contributed by atoms with E-state index in [-0.39, 0.29) is 0 Å². The van der Waals surface area contributed by atoms with Crippen LogP contribution in [0.3, 0.4) is 0 Å². The summed E-state index contributed by atoms with van der Waals surface area (Å²) < 4.78 is 0. The summed E-state index contributed by atoms with van der Waals surface area (Å²) in [6.07, 6.45) is 0. The Morgan fingerprint density at radius 1 is 0.909 bits per heavy atom. The Morgan fingerprint density at radius 2 is 1.50 bits per heavy atom. The van der Waals surface area contributed by atoms with E-state index in [4.69, 9.17) is 11.6 Å². The highest BCUT2D eigenvalue weighted by molar-refractivity contribution is 6.43. The molecule has 0 aliphatic heterocycles. The molecule has 114 valence electrons. The van der Waals surface area contributed by atoms with Crippen LogP contribution in [-0.2, 0) is 9.59 Å². The molecule has 0 saturated carbocycles. The lowest BCUT2D eigenvalue weighted by molar-refractivity contribution is -0.132. The number of amides is 2. The van der Waals surface area contributed by atoms with Gasteiger partial charge in [-0.1, -0.05) is 17.7 Å². The first-order valence-electron chi connectivity index (χ1n) is 6.61. The summed E-state index contributed by atoms with van der Waals surface area (Å²) in [5, 5.41) is 5.51. The summed E-state index contributed by atoms with van der Waals surface area (Å²) in [6.45, 7) is 0. The van der Waals surface area contributed by atoms with E-state index in [9.17, 15) is 9.59 Å². The highest BCUT2D eigenvalue weighted by atomic mass is 35.5. The molecule has 2 rings (SSSR count). The number of nitrogens with zero attached hydrogens (tertiary/aromatic N) is 1. The second-order valence-electron chi connectivity index (χ2n) is 4.86. The van der Waals surface area contributed by atoms with E-state index in [0.717, 1.165) is 5.69 Å². The monoisotopic (exact) mass is 317 g/mol. The molecule has 0 bridgehead atoms. The number of hydrogen-bond donors (Lipinski definition) is 2. The molecule has 2 aromatic carbocycles. The molecule has 5 nitrogen and oxygen atoms in total. The number of carbonyl (C=O) groups is 2. The van der Waals surface area contributed by atoms with Crippen LogP contribution in [0.5, 0.6) is 0 Å². The average molecular weight is 318 g/mol. The normalized spacial score (nSPS) is 9.95. The molecule has 0 saturated heterocycles. The third-order valence-corrected chi connectivity index (χ3v) is 3.17. The van der Waals surface area contributed by atoms with Crippen molar-refractivity contribution in [2.24, 2.45) is 0 Å². The fourth-order valence-electron chi connectivity index (χ4n) is 1.78. The summed E-state index contributed by atoms with van der Waals surface area (Å²) in [7, 11) is 3.85. The second-order valence-corrected chi connectivity index (χ2v) is 5.30. The number of rotatable bonds is 3. The molecule has 0 aliphatic rings. The van der Waals surface area contributed by atoms with Gasteiger partial charge in [0.25, 0.3) is 0 Å². The summed E-state index contributed by atoms with van der Waals surface area (Å²) in [4.78, 5) is 25.6. The molecule has 0 heterocycles. The largest absolute Gasteiger partial charge is 0.378 e. The van der Waals surface area contributed by atoms with Crippen LogP contribution in [0.25, 0.3) is 0 Å². The van der Waals surface area contributed by atoms with Crippen molar-refractivity contribution in [1.82, 2.24) is 0 Å². The maximum atomic E-state index is 11.9. The van der Waals surface area contributed by atoms with Crippen molar-refractivity contribution in [3.8, 4) is 0 Å². The fourth-order valence-corrected chi connectivity index (χ4v) is 1.98. The van der Waals surface area contributed by atoms with Gasteiger partial charge in [0.2, 0.25) is 0 Å². The lowest BCUT2D eigenvalue weighted by atomic mass is 10.2. The van der Waals surface area contributed by atoms with Crippen LogP contribution < -0.4 is 15.5 Å². The van der Waals surface area contributed by atoms with E-state index in [1.807, 2.05) is 31.1 Å². The number of nitrogens with one attached hydrogen (secondary N) is 2. The molecule has 0 aromatic heterocycles. The highest BCUT2D eigenvalue weighted by Gasteiger charge is 2.14. The standard InChI is InChI=1S/C16H16ClN3O2/c1-20(2)14-8-6-12(7-9-14)18-15(21)16(22)19-13-5-3-4-11(17)10-13/h3-10H,1-2H3,(H,18,21)(H,19,22). The molecule has 0 radical (unpaired) electrons. The Balaban J connectivity index is 1.98. The molecule has 22 heavy (non-hydrogen) atoms. The Bertz CT molecular complexity index is 684. The van der Waals surface area contributed by atoms with E-state index >= 15 is 0 Å². The Kier molecular flexibility index (Phi) is 5.01. The molecule has 0 aliphatic carbocycles. The molecule has 0 fully saturated rings. The highest BCUT2D eigenvalue weighted by Crippen LogP contribution is 2.17. The first kappa shape index (κ1) is 15.9.